The van der Waals surface area contributed by atoms with E-state index in [1.807, 2.05) is 41.7 Å². The largest absolute Gasteiger partial charge is 0.474 e. The Bertz CT molecular complexity index is 985. The third kappa shape index (κ3) is 3.19. The fraction of sp³-hybridized carbons (Fsp3) is 0.240. The summed E-state index contributed by atoms with van der Waals surface area (Å²) in [5.74, 6) is 3.01. The van der Waals surface area contributed by atoms with E-state index in [2.05, 4.69) is 72.8 Å². The molecular formula is C25H23NOS2. The molecule has 146 valence electrons. The normalized spacial score (nSPS) is 23.2. The van der Waals surface area contributed by atoms with Crippen LogP contribution in [-0.4, -0.2) is 24.0 Å². The second-order valence-corrected chi connectivity index (χ2v) is 10.2. The maximum atomic E-state index is 6.33. The quantitative estimate of drug-likeness (QED) is 0.513. The van der Waals surface area contributed by atoms with E-state index < -0.39 is 5.54 Å². The molecule has 0 bridgehead atoms. The van der Waals surface area contributed by atoms with Crippen molar-refractivity contribution in [1.29, 1.82) is 0 Å². The van der Waals surface area contributed by atoms with Crippen LogP contribution in [0.25, 0.3) is 0 Å². The highest BCUT2D eigenvalue weighted by Crippen LogP contribution is 2.63. The van der Waals surface area contributed by atoms with Gasteiger partial charge in [0, 0.05) is 5.56 Å². The Morgan fingerprint density at radius 1 is 0.690 bits per heavy atom. The van der Waals surface area contributed by atoms with Crippen LogP contribution in [0, 0.1) is 0 Å². The summed E-state index contributed by atoms with van der Waals surface area (Å²) in [6, 6.07) is 31.9. The molecule has 2 aliphatic heterocycles. The van der Waals surface area contributed by atoms with Gasteiger partial charge < -0.3 is 4.74 Å². The molecule has 1 atom stereocenters. The van der Waals surface area contributed by atoms with Gasteiger partial charge in [-0.15, -0.1) is 23.5 Å². The first-order valence-corrected chi connectivity index (χ1v) is 12.0. The molecule has 5 rings (SSSR count). The molecule has 0 saturated carbocycles. The SMILES string of the molecule is c1ccc(C2=NC(c3ccccc3)(C3(c4ccccc4)SCCCS3)CO2)cc1. The van der Waals surface area contributed by atoms with Crippen molar-refractivity contribution >= 4 is 29.4 Å². The van der Waals surface area contributed by atoms with Crippen molar-refractivity contribution < 1.29 is 4.74 Å². The van der Waals surface area contributed by atoms with Gasteiger partial charge in [0.25, 0.3) is 0 Å². The molecule has 29 heavy (non-hydrogen) atoms. The molecule has 0 N–H and O–H groups in total. The number of aliphatic imine (C=N–C) groups is 1. The molecule has 3 aromatic carbocycles. The van der Waals surface area contributed by atoms with Crippen molar-refractivity contribution in [3.8, 4) is 0 Å². The molecule has 2 heterocycles. The number of ether oxygens (including phenoxy) is 1. The lowest BCUT2D eigenvalue weighted by molar-refractivity contribution is 0.243. The summed E-state index contributed by atoms with van der Waals surface area (Å²) >= 11 is 4.06. The summed E-state index contributed by atoms with van der Waals surface area (Å²) < 4.78 is 6.11. The lowest BCUT2D eigenvalue weighted by Gasteiger charge is -2.47. The number of hydrogen-bond donors (Lipinski definition) is 0. The maximum absolute atomic E-state index is 6.33. The van der Waals surface area contributed by atoms with Crippen molar-refractivity contribution in [2.45, 2.75) is 16.0 Å². The minimum absolute atomic E-state index is 0.218. The van der Waals surface area contributed by atoms with E-state index in [1.165, 1.54) is 17.5 Å². The zero-order valence-electron chi connectivity index (χ0n) is 16.2. The Hall–Kier alpha value is -2.17. The van der Waals surface area contributed by atoms with E-state index in [4.69, 9.17) is 9.73 Å². The zero-order chi connectivity index (χ0) is 19.6. The van der Waals surface area contributed by atoms with Crippen molar-refractivity contribution in [3.63, 3.8) is 0 Å². The monoisotopic (exact) mass is 417 g/mol. The molecular weight excluding hydrogens is 394 g/mol. The minimum Gasteiger partial charge on any atom is -0.474 e. The van der Waals surface area contributed by atoms with E-state index in [1.54, 1.807) is 0 Å². The molecule has 2 nitrogen and oxygen atoms in total. The molecule has 0 radical (unpaired) electrons. The number of rotatable bonds is 4. The van der Waals surface area contributed by atoms with Gasteiger partial charge in [0.05, 0.1) is 0 Å². The molecule has 0 aliphatic carbocycles. The molecule has 1 unspecified atom stereocenters. The van der Waals surface area contributed by atoms with Crippen LogP contribution >= 0.6 is 23.5 Å². The molecule has 1 fully saturated rings. The van der Waals surface area contributed by atoms with Crippen molar-refractivity contribution in [2.24, 2.45) is 4.99 Å². The van der Waals surface area contributed by atoms with Crippen molar-refractivity contribution in [1.82, 2.24) is 0 Å². The van der Waals surface area contributed by atoms with Crippen LogP contribution in [0.5, 0.6) is 0 Å². The van der Waals surface area contributed by atoms with Gasteiger partial charge >= 0.3 is 0 Å². The molecule has 4 heteroatoms. The van der Waals surface area contributed by atoms with Gasteiger partial charge in [0.2, 0.25) is 5.90 Å². The number of thioether (sulfide) groups is 2. The molecule has 0 aromatic heterocycles. The first-order chi connectivity index (χ1) is 14.3. The highest BCUT2D eigenvalue weighted by molar-refractivity contribution is 8.18. The Balaban J connectivity index is 1.74. The first-order valence-electron chi connectivity index (χ1n) is 10.0. The smallest absolute Gasteiger partial charge is 0.217 e. The van der Waals surface area contributed by atoms with E-state index in [-0.39, 0.29) is 4.08 Å². The van der Waals surface area contributed by atoms with Gasteiger partial charge in [-0.05, 0) is 41.2 Å². The summed E-state index contributed by atoms with van der Waals surface area (Å²) in [5.41, 5.74) is 3.10. The van der Waals surface area contributed by atoms with E-state index in [0.717, 1.165) is 23.0 Å². The van der Waals surface area contributed by atoms with E-state index in [0.29, 0.717) is 6.61 Å². The predicted octanol–water partition coefficient (Wildman–Crippen LogP) is 6.08. The van der Waals surface area contributed by atoms with Gasteiger partial charge in [-0.1, -0.05) is 78.9 Å². The fourth-order valence-corrected chi connectivity index (χ4v) is 7.89. The van der Waals surface area contributed by atoms with Gasteiger partial charge in [-0.2, -0.15) is 0 Å². The zero-order valence-corrected chi connectivity index (χ0v) is 17.8. The van der Waals surface area contributed by atoms with Crippen LogP contribution in [0.1, 0.15) is 23.1 Å². The molecule has 0 spiro atoms. The van der Waals surface area contributed by atoms with Gasteiger partial charge in [0.15, 0.2) is 5.54 Å². The fourth-order valence-electron chi connectivity index (χ4n) is 4.19. The summed E-state index contributed by atoms with van der Waals surface area (Å²) in [5, 5.41) is 0. The minimum atomic E-state index is -0.476. The second-order valence-electron chi connectivity index (χ2n) is 7.33. The number of nitrogens with zero attached hydrogens (tertiary/aromatic N) is 1. The summed E-state index contributed by atoms with van der Waals surface area (Å²) in [7, 11) is 0. The van der Waals surface area contributed by atoms with Crippen LogP contribution in [0.3, 0.4) is 0 Å². The molecule has 1 saturated heterocycles. The maximum Gasteiger partial charge on any atom is 0.217 e. The van der Waals surface area contributed by atoms with Crippen LogP contribution in [0.2, 0.25) is 0 Å². The number of benzene rings is 3. The third-order valence-corrected chi connectivity index (χ3v) is 9.23. The van der Waals surface area contributed by atoms with Crippen molar-refractivity contribution in [3.05, 3.63) is 108 Å². The highest BCUT2D eigenvalue weighted by Gasteiger charge is 2.58. The van der Waals surface area contributed by atoms with Crippen LogP contribution in [-0.2, 0) is 14.4 Å². The molecule has 2 aliphatic rings. The van der Waals surface area contributed by atoms with Gasteiger partial charge in [0.1, 0.15) is 10.7 Å². The van der Waals surface area contributed by atoms with E-state index in [9.17, 15) is 0 Å². The van der Waals surface area contributed by atoms with Crippen molar-refractivity contribution in [2.75, 3.05) is 18.1 Å². The van der Waals surface area contributed by atoms with Crippen LogP contribution in [0.4, 0.5) is 0 Å². The average Bonchev–Trinajstić information content (AvgIpc) is 3.29. The molecule has 0 amide bonds. The Kier molecular flexibility index (Phi) is 5.15. The highest BCUT2D eigenvalue weighted by atomic mass is 32.2. The van der Waals surface area contributed by atoms with Crippen LogP contribution in [0.15, 0.2) is 96.0 Å². The predicted molar refractivity (Wildman–Crippen MR) is 125 cm³/mol. The van der Waals surface area contributed by atoms with E-state index >= 15 is 0 Å². The lowest BCUT2D eigenvalue weighted by atomic mass is 9.84. The number of hydrogen-bond acceptors (Lipinski definition) is 4. The molecule has 3 aromatic rings. The average molecular weight is 418 g/mol. The van der Waals surface area contributed by atoms with Gasteiger partial charge in [-0.3, -0.25) is 0 Å². The Morgan fingerprint density at radius 3 is 1.86 bits per heavy atom. The first kappa shape index (κ1) is 18.8. The standard InChI is InChI=1S/C25H23NOS2/c1-4-11-20(12-5-1)23-26-24(19-27-23,21-13-6-2-7-14-21)25(28-17-10-18-29-25)22-15-8-3-9-16-22/h1-9,11-16H,10,17-19H2. The van der Waals surface area contributed by atoms with Crippen LogP contribution < -0.4 is 0 Å². The Morgan fingerprint density at radius 2 is 1.24 bits per heavy atom. The van der Waals surface area contributed by atoms with Gasteiger partial charge in [-0.25, -0.2) is 4.99 Å². The Labute approximate surface area is 180 Å². The summed E-state index contributed by atoms with van der Waals surface area (Å²) in [6.07, 6.45) is 1.23. The summed E-state index contributed by atoms with van der Waals surface area (Å²) in [6.45, 7) is 0.552. The lowest BCUT2D eigenvalue weighted by Crippen LogP contribution is -2.46. The second kappa shape index (κ2) is 7.92. The third-order valence-electron chi connectivity index (χ3n) is 5.58. The topological polar surface area (TPSA) is 21.6 Å². The summed E-state index contributed by atoms with van der Waals surface area (Å²) in [4.78, 5) is 5.39.